The summed E-state index contributed by atoms with van der Waals surface area (Å²) in [5, 5.41) is 6.13. The van der Waals surface area contributed by atoms with Crippen molar-refractivity contribution in [3.63, 3.8) is 0 Å². The summed E-state index contributed by atoms with van der Waals surface area (Å²) >= 11 is 5.80. The van der Waals surface area contributed by atoms with Crippen LogP contribution in [0.2, 0.25) is 5.02 Å². The Balaban J connectivity index is 1.63. The minimum Gasteiger partial charge on any atom is -0.308 e. The minimum absolute atomic E-state index is 0.308. The van der Waals surface area contributed by atoms with Gasteiger partial charge in [-0.1, -0.05) is 11.6 Å². The molecular weight excluding hydrogens is 300 g/mol. The molecule has 0 radical (unpaired) electrons. The summed E-state index contributed by atoms with van der Waals surface area (Å²) in [4.78, 5) is 15.9. The summed E-state index contributed by atoms with van der Waals surface area (Å²) < 4.78 is 1.89. The van der Waals surface area contributed by atoms with Crippen LogP contribution in [-0.4, -0.2) is 15.6 Å². The third-order valence-electron chi connectivity index (χ3n) is 3.03. The molecule has 0 aliphatic heterocycles. The van der Waals surface area contributed by atoms with Gasteiger partial charge in [0.1, 0.15) is 0 Å². The molecule has 2 N–H and O–H groups in total. The second-order valence-corrected chi connectivity index (χ2v) is 5.04. The van der Waals surface area contributed by atoms with Crippen LogP contribution < -0.4 is 10.6 Å². The van der Waals surface area contributed by atoms with Crippen LogP contribution in [0.15, 0.2) is 67.3 Å². The normalized spacial score (nSPS) is 10.2. The Morgan fingerprint density at radius 1 is 0.955 bits per heavy atom. The van der Waals surface area contributed by atoms with Crippen LogP contribution in [0, 0.1) is 0 Å². The molecule has 2 aromatic carbocycles. The number of rotatable bonds is 3. The van der Waals surface area contributed by atoms with Crippen LogP contribution in [-0.2, 0) is 0 Å². The summed E-state index contributed by atoms with van der Waals surface area (Å²) in [6.45, 7) is 0. The molecule has 0 aliphatic carbocycles. The van der Waals surface area contributed by atoms with Gasteiger partial charge in [-0.05, 0) is 48.5 Å². The maximum Gasteiger partial charge on any atom is 0.323 e. The van der Waals surface area contributed by atoms with Crippen LogP contribution in [0.25, 0.3) is 5.69 Å². The summed E-state index contributed by atoms with van der Waals surface area (Å²) in [7, 11) is 0. The van der Waals surface area contributed by atoms with Crippen molar-refractivity contribution in [3.8, 4) is 5.69 Å². The smallest absolute Gasteiger partial charge is 0.308 e. The number of hydrogen-bond donors (Lipinski definition) is 2. The Hall–Kier alpha value is -2.79. The highest BCUT2D eigenvalue weighted by molar-refractivity contribution is 6.30. The second-order valence-electron chi connectivity index (χ2n) is 4.60. The summed E-state index contributed by atoms with van der Waals surface area (Å²) in [6.07, 6.45) is 5.29. The molecule has 0 fully saturated rings. The van der Waals surface area contributed by atoms with E-state index in [9.17, 15) is 4.79 Å². The number of anilines is 2. The Kier molecular flexibility index (Phi) is 4.07. The van der Waals surface area contributed by atoms with Gasteiger partial charge in [-0.2, -0.15) is 0 Å². The lowest BCUT2D eigenvalue weighted by molar-refractivity contribution is 0.262. The Morgan fingerprint density at radius 3 is 2.09 bits per heavy atom. The first-order valence-electron chi connectivity index (χ1n) is 6.63. The molecule has 1 aromatic heterocycles. The van der Waals surface area contributed by atoms with E-state index in [0.29, 0.717) is 16.4 Å². The number of carbonyl (C=O) groups is 1. The SMILES string of the molecule is O=C(Nc1ccc(Cl)cc1)Nc1ccc(-n2ccnc2)cc1. The summed E-state index contributed by atoms with van der Waals surface area (Å²) in [5.74, 6) is 0. The van der Waals surface area contributed by atoms with Crippen molar-refractivity contribution < 1.29 is 4.79 Å². The van der Waals surface area contributed by atoms with Gasteiger partial charge in [0.2, 0.25) is 0 Å². The molecule has 0 unspecified atom stereocenters. The van der Waals surface area contributed by atoms with Crippen molar-refractivity contribution in [1.82, 2.24) is 9.55 Å². The average Bonchev–Trinajstić information content (AvgIpc) is 3.05. The Bertz CT molecular complexity index is 752. The van der Waals surface area contributed by atoms with E-state index in [1.54, 1.807) is 36.8 Å². The fourth-order valence-electron chi connectivity index (χ4n) is 1.96. The summed E-state index contributed by atoms with van der Waals surface area (Å²) in [6, 6.07) is 14.1. The maximum absolute atomic E-state index is 11.9. The second kappa shape index (κ2) is 6.32. The van der Waals surface area contributed by atoms with Gasteiger partial charge in [-0.3, -0.25) is 0 Å². The highest BCUT2D eigenvalue weighted by Crippen LogP contribution is 2.15. The van der Waals surface area contributed by atoms with Crippen molar-refractivity contribution in [3.05, 3.63) is 72.3 Å². The van der Waals surface area contributed by atoms with Gasteiger partial charge in [0.25, 0.3) is 0 Å². The molecule has 0 atom stereocenters. The number of nitrogens with one attached hydrogen (secondary N) is 2. The van der Waals surface area contributed by atoms with Crippen LogP contribution in [0.4, 0.5) is 16.2 Å². The fraction of sp³-hybridized carbons (Fsp3) is 0. The largest absolute Gasteiger partial charge is 0.323 e. The number of imidazole rings is 1. The highest BCUT2D eigenvalue weighted by Gasteiger charge is 2.03. The van der Waals surface area contributed by atoms with Gasteiger partial charge in [0, 0.05) is 34.5 Å². The molecule has 3 rings (SSSR count). The lowest BCUT2D eigenvalue weighted by Crippen LogP contribution is -2.19. The predicted molar refractivity (Wildman–Crippen MR) is 87.7 cm³/mol. The predicted octanol–water partition coefficient (Wildman–Crippen LogP) is 4.17. The van der Waals surface area contributed by atoms with Gasteiger partial charge < -0.3 is 15.2 Å². The van der Waals surface area contributed by atoms with E-state index in [-0.39, 0.29) is 6.03 Å². The molecular formula is C16H13ClN4O. The van der Waals surface area contributed by atoms with Gasteiger partial charge in [-0.15, -0.1) is 0 Å². The first-order valence-corrected chi connectivity index (χ1v) is 7.00. The average molecular weight is 313 g/mol. The van der Waals surface area contributed by atoms with Gasteiger partial charge in [0.05, 0.1) is 6.33 Å². The number of carbonyl (C=O) groups excluding carboxylic acids is 1. The highest BCUT2D eigenvalue weighted by atomic mass is 35.5. The van der Waals surface area contributed by atoms with E-state index in [4.69, 9.17) is 11.6 Å². The van der Waals surface area contributed by atoms with Crippen molar-refractivity contribution in [2.75, 3.05) is 10.6 Å². The van der Waals surface area contributed by atoms with Gasteiger partial charge in [0.15, 0.2) is 0 Å². The molecule has 6 heteroatoms. The maximum atomic E-state index is 11.9. The topological polar surface area (TPSA) is 59.0 Å². The molecule has 22 heavy (non-hydrogen) atoms. The molecule has 5 nitrogen and oxygen atoms in total. The number of nitrogens with zero attached hydrogens (tertiary/aromatic N) is 2. The lowest BCUT2D eigenvalue weighted by atomic mass is 10.3. The van der Waals surface area contributed by atoms with Gasteiger partial charge >= 0.3 is 6.03 Å². The lowest BCUT2D eigenvalue weighted by Gasteiger charge is -2.08. The zero-order valence-corrected chi connectivity index (χ0v) is 12.3. The molecule has 110 valence electrons. The number of hydrogen-bond acceptors (Lipinski definition) is 2. The van der Waals surface area contributed by atoms with Crippen LogP contribution in [0.1, 0.15) is 0 Å². The van der Waals surface area contributed by atoms with E-state index < -0.39 is 0 Å². The first-order chi connectivity index (χ1) is 10.7. The molecule has 0 saturated carbocycles. The number of aromatic nitrogens is 2. The molecule has 3 aromatic rings. The monoisotopic (exact) mass is 312 g/mol. The van der Waals surface area contributed by atoms with E-state index in [0.717, 1.165) is 5.69 Å². The first kappa shape index (κ1) is 14.2. The van der Waals surface area contributed by atoms with Gasteiger partial charge in [-0.25, -0.2) is 9.78 Å². The zero-order chi connectivity index (χ0) is 15.4. The molecule has 0 aliphatic rings. The standard InChI is InChI=1S/C16H13ClN4O/c17-12-1-3-13(4-2-12)19-16(22)20-14-5-7-15(8-6-14)21-10-9-18-11-21/h1-11H,(H2,19,20,22). The molecule has 0 bridgehead atoms. The fourth-order valence-corrected chi connectivity index (χ4v) is 2.08. The van der Waals surface area contributed by atoms with Crippen LogP contribution in [0.5, 0.6) is 0 Å². The third kappa shape index (κ3) is 3.45. The van der Waals surface area contributed by atoms with Crippen molar-refractivity contribution >= 4 is 29.0 Å². The van der Waals surface area contributed by atoms with Crippen molar-refractivity contribution in [1.29, 1.82) is 0 Å². The minimum atomic E-state index is -0.308. The molecule has 1 heterocycles. The van der Waals surface area contributed by atoms with Crippen molar-refractivity contribution in [2.45, 2.75) is 0 Å². The quantitative estimate of drug-likeness (QED) is 0.762. The van der Waals surface area contributed by atoms with E-state index in [1.807, 2.05) is 35.0 Å². The van der Waals surface area contributed by atoms with E-state index in [1.165, 1.54) is 0 Å². The van der Waals surface area contributed by atoms with Crippen LogP contribution >= 0.6 is 11.6 Å². The van der Waals surface area contributed by atoms with E-state index in [2.05, 4.69) is 15.6 Å². The number of amides is 2. The number of urea groups is 1. The Morgan fingerprint density at radius 2 is 1.55 bits per heavy atom. The zero-order valence-electron chi connectivity index (χ0n) is 11.5. The number of benzene rings is 2. The van der Waals surface area contributed by atoms with Crippen molar-refractivity contribution in [2.24, 2.45) is 0 Å². The summed E-state index contributed by atoms with van der Waals surface area (Å²) in [5.41, 5.74) is 2.36. The Labute approximate surface area is 132 Å². The van der Waals surface area contributed by atoms with Crippen LogP contribution in [0.3, 0.4) is 0 Å². The molecule has 0 spiro atoms. The molecule has 2 amide bonds. The third-order valence-corrected chi connectivity index (χ3v) is 3.28. The number of halogens is 1. The van der Waals surface area contributed by atoms with E-state index >= 15 is 0 Å². The molecule has 0 saturated heterocycles.